The van der Waals surface area contributed by atoms with Crippen LogP contribution in [0.25, 0.3) is 5.57 Å². The molecular weight excluding hydrogens is 480 g/mol. The molecule has 0 aromatic heterocycles. The number of nitrogens with zero attached hydrogens (tertiary/aromatic N) is 1. The van der Waals surface area contributed by atoms with Gasteiger partial charge in [-0.1, -0.05) is 62.2 Å². The van der Waals surface area contributed by atoms with Crippen LogP contribution in [0.5, 0.6) is 0 Å². The fourth-order valence-electron chi connectivity index (χ4n) is 3.91. The Kier molecular flexibility index (Phi) is 6.32. The molecule has 0 bridgehead atoms. The third kappa shape index (κ3) is 4.99. The lowest BCUT2D eigenvalue weighted by atomic mass is 9.85. The summed E-state index contributed by atoms with van der Waals surface area (Å²) in [6.07, 6.45) is 1.41. The van der Waals surface area contributed by atoms with Crippen LogP contribution in [-0.4, -0.2) is 23.4 Å². The smallest absolute Gasteiger partial charge is 0.264 e. The molecule has 1 aliphatic heterocycles. The first-order valence-electron chi connectivity index (χ1n) is 11.3. The first kappa shape index (κ1) is 25.0. The van der Waals surface area contributed by atoms with Crippen LogP contribution in [0.15, 0.2) is 82.7 Å². The Labute approximate surface area is 208 Å². The van der Waals surface area contributed by atoms with E-state index in [2.05, 4.69) is 25.5 Å². The molecule has 6 nitrogen and oxygen atoms in total. The van der Waals surface area contributed by atoms with E-state index in [0.717, 1.165) is 16.7 Å². The minimum absolute atomic E-state index is 0.0234. The van der Waals surface area contributed by atoms with Gasteiger partial charge in [0.15, 0.2) is 0 Å². The Balaban J connectivity index is 1.77. The number of hydrogen-bond donors (Lipinski definition) is 1. The zero-order chi connectivity index (χ0) is 25.6. The van der Waals surface area contributed by atoms with Crippen LogP contribution in [-0.2, 0) is 25.5 Å². The molecule has 0 saturated heterocycles. The second-order valence-electron chi connectivity index (χ2n) is 9.91. The summed E-state index contributed by atoms with van der Waals surface area (Å²) < 4.78 is 56.7. The average Bonchev–Trinajstić information content (AvgIpc) is 3.17. The van der Waals surface area contributed by atoms with Gasteiger partial charge in [0.2, 0.25) is 0 Å². The van der Waals surface area contributed by atoms with E-state index in [9.17, 15) is 16.8 Å². The molecule has 8 heteroatoms. The number of fused-ring (bicyclic) bond motifs is 1. The van der Waals surface area contributed by atoms with Gasteiger partial charge in [0.25, 0.3) is 20.0 Å². The van der Waals surface area contributed by atoms with E-state index >= 15 is 0 Å². The Bertz CT molecular complexity index is 1500. The number of nitrogens with one attached hydrogen (secondary N) is 1. The second kappa shape index (κ2) is 8.84. The lowest BCUT2D eigenvalue weighted by Gasteiger charge is -2.22. The highest BCUT2D eigenvalue weighted by molar-refractivity contribution is 7.93. The molecule has 1 N–H and O–H groups in total. The van der Waals surface area contributed by atoms with Crippen LogP contribution in [0.1, 0.15) is 43.0 Å². The topological polar surface area (TPSA) is 83.6 Å². The number of benzene rings is 3. The number of anilines is 1. The molecule has 3 aromatic rings. The molecule has 184 valence electrons. The van der Waals surface area contributed by atoms with Gasteiger partial charge >= 0.3 is 0 Å². The van der Waals surface area contributed by atoms with Crippen molar-refractivity contribution >= 4 is 31.3 Å². The van der Waals surface area contributed by atoms with Crippen molar-refractivity contribution in [2.24, 2.45) is 0 Å². The second-order valence-corrected chi connectivity index (χ2v) is 13.5. The van der Waals surface area contributed by atoms with Gasteiger partial charge in [0, 0.05) is 11.8 Å². The molecule has 0 unspecified atom stereocenters. The van der Waals surface area contributed by atoms with Crippen molar-refractivity contribution in [2.75, 3.05) is 10.8 Å². The van der Waals surface area contributed by atoms with E-state index in [0.29, 0.717) is 16.8 Å². The molecule has 0 amide bonds. The molecule has 0 fully saturated rings. The summed E-state index contributed by atoms with van der Waals surface area (Å²) in [5.74, 6) is 0. The van der Waals surface area contributed by atoms with E-state index in [1.165, 1.54) is 10.5 Å². The van der Waals surface area contributed by atoms with Crippen LogP contribution in [0, 0.1) is 13.8 Å². The van der Waals surface area contributed by atoms with Crippen LogP contribution < -0.4 is 9.03 Å². The van der Waals surface area contributed by atoms with Gasteiger partial charge in [-0.25, -0.2) is 16.8 Å². The molecule has 1 aliphatic rings. The van der Waals surface area contributed by atoms with Gasteiger partial charge in [-0.2, -0.15) is 0 Å². The fourth-order valence-corrected chi connectivity index (χ4v) is 6.30. The Morgan fingerprint density at radius 3 is 1.89 bits per heavy atom. The highest BCUT2D eigenvalue weighted by Gasteiger charge is 2.34. The zero-order valence-corrected chi connectivity index (χ0v) is 22.2. The lowest BCUT2D eigenvalue weighted by Crippen LogP contribution is -2.29. The van der Waals surface area contributed by atoms with Crippen molar-refractivity contribution in [2.45, 2.75) is 49.8 Å². The van der Waals surface area contributed by atoms with Crippen molar-refractivity contribution in [3.05, 3.63) is 95.2 Å². The molecule has 0 aliphatic carbocycles. The van der Waals surface area contributed by atoms with Crippen molar-refractivity contribution < 1.29 is 16.8 Å². The van der Waals surface area contributed by atoms with Crippen molar-refractivity contribution in [3.63, 3.8) is 0 Å². The summed E-state index contributed by atoms with van der Waals surface area (Å²) in [4.78, 5) is 0.334. The minimum atomic E-state index is -3.85. The summed E-state index contributed by atoms with van der Waals surface area (Å²) in [6.45, 7) is 10.0. The van der Waals surface area contributed by atoms with Gasteiger partial charge in [-0.3, -0.25) is 9.03 Å². The van der Waals surface area contributed by atoms with Crippen LogP contribution in [0.3, 0.4) is 0 Å². The Morgan fingerprint density at radius 1 is 0.800 bits per heavy atom. The predicted octanol–water partition coefficient (Wildman–Crippen LogP) is 5.13. The van der Waals surface area contributed by atoms with Gasteiger partial charge in [0.1, 0.15) is 0 Å². The first-order chi connectivity index (χ1) is 16.3. The standard InChI is InChI=1S/C27H30N2O4S2/c1-19-6-11-23(12-7-19)34(30,31)28-17-21-18-29(35(32,33)24-13-8-20(2)9-14-24)26-15-10-22(16-25(21)26)27(3,4)5/h6-17,28H,18H2,1-5H3/b21-17+. The number of aryl methyl sites for hydroxylation is 2. The van der Waals surface area contributed by atoms with Crippen LogP contribution >= 0.6 is 0 Å². The van der Waals surface area contributed by atoms with Gasteiger partial charge in [0.05, 0.1) is 22.0 Å². The summed E-state index contributed by atoms with van der Waals surface area (Å²) in [6, 6.07) is 19.0. The average molecular weight is 511 g/mol. The molecule has 4 rings (SSSR count). The Morgan fingerprint density at radius 2 is 1.34 bits per heavy atom. The molecule has 3 aromatic carbocycles. The molecule has 35 heavy (non-hydrogen) atoms. The van der Waals surface area contributed by atoms with Gasteiger partial charge < -0.3 is 0 Å². The molecule has 0 saturated carbocycles. The molecule has 1 heterocycles. The molecule has 0 atom stereocenters. The van der Waals surface area contributed by atoms with Crippen LogP contribution in [0.2, 0.25) is 0 Å². The minimum Gasteiger partial charge on any atom is -0.286 e. The Hall–Kier alpha value is -3.10. The molecule has 0 spiro atoms. The summed E-state index contributed by atoms with van der Waals surface area (Å²) in [5.41, 5.74) is 4.59. The maximum Gasteiger partial charge on any atom is 0.264 e. The van der Waals surface area contributed by atoms with Crippen molar-refractivity contribution in [3.8, 4) is 0 Å². The molecular formula is C27H30N2O4S2. The van der Waals surface area contributed by atoms with E-state index < -0.39 is 20.0 Å². The first-order valence-corrected chi connectivity index (χ1v) is 14.2. The summed E-state index contributed by atoms with van der Waals surface area (Å²) in [7, 11) is -7.66. The number of rotatable bonds is 5. The van der Waals surface area contributed by atoms with Crippen molar-refractivity contribution in [1.29, 1.82) is 0 Å². The van der Waals surface area contributed by atoms with E-state index in [1.807, 2.05) is 26.0 Å². The monoisotopic (exact) mass is 510 g/mol. The molecule has 0 radical (unpaired) electrons. The third-order valence-corrected chi connectivity index (χ3v) is 9.21. The van der Waals surface area contributed by atoms with E-state index in [4.69, 9.17) is 0 Å². The predicted molar refractivity (Wildman–Crippen MR) is 140 cm³/mol. The largest absolute Gasteiger partial charge is 0.286 e. The van der Waals surface area contributed by atoms with Gasteiger partial charge in [-0.15, -0.1) is 0 Å². The highest BCUT2D eigenvalue weighted by Crippen LogP contribution is 2.41. The van der Waals surface area contributed by atoms with E-state index in [-0.39, 0.29) is 21.8 Å². The maximum atomic E-state index is 13.6. The van der Waals surface area contributed by atoms with Gasteiger partial charge in [-0.05, 0) is 66.8 Å². The maximum absolute atomic E-state index is 13.6. The van der Waals surface area contributed by atoms with Crippen LogP contribution in [0.4, 0.5) is 5.69 Å². The van der Waals surface area contributed by atoms with E-state index in [1.54, 1.807) is 54.6 Å². The summed E-state index contributed by atoms with van der Waals surface area (Å²) in [5, 5.41) is 0. The van der Waals surface area contributed by atoms with Crippen molar-refractivity contribution in [1.82, 2.24) is 4.72 Å². The fraction of sp³-hybridized carbons (Fsp3) is 0.259. The highest BCUT2D eigenvalue weighted by atomic mass is 32.2. The third-order valence-electron chi connectivity index (χ3n) is 6.12. The lowest BCUT2D eigenvalue weighted by molar-refractivity contribution is 0.589. The zero-order valence-electron chi connectivity index (χ0n) is 20.5. The summed E-state index contributed by atoms with van der Waals surface area (Å²) >= 11 is 0. The normalized spacial score (nSPS) is 15.3. The quantitative estimate of drug-likeness (QED) is 0.516. The SMILES string of the molecule is Cc1ccc(S(=O)(=O)N/C=C2\CN(S(=O)(=O)c3ccc(C)cc3)c3ccc(C(C)(C)C)cc32)cc1. The number of hydrogen-bond acceptors (Lipinski definition) is 4. The number of sulfonamides is 2.